The van der Waals surface area contributed by atoms with Crippen molar-refractivity contribution in [2.24, 2.45) is 0 Å². The van der Waals surface area contributed by atoms with Crippen LogP contribution in [0.25, 0.3) is 0 Å². The smallest absolute Gasteiger partial charge is 0.328 e. The van der Waals surface area contributed by atoms with E-state index in [1.165, 1.54) is 12.4 Å². The number of aromatic nitrogens is 1. The molecule has 0 aliphatic carbocycles. The van der Waals surface area contributed by atoms with Crippen LogP contribution in [-0.4, -0.2) is 40.6 Å². The molecule has 0 saturated carbocycles. The van der Waals surface area contributed by atoms with Crippen molar-refractivity contribution in [1.82, 2.24) is 20.9 Å². The number of halogens is 2. The molecule has 0 aliphatic heterocycles. The van der Waals surface area contributed by atoms with E-state index < -0.39 is 23.9 Å². The van der Waals surface area contributed by atoms with Crippen LogP contribution >= 0.6 is 23.2 Å². The lowest BCUT2D eigenvalue weighted by Gasteiger charge is -2.16. The van der Waals surface area contributed by atoms with E-state index in [-0.39, 0.29) is 28.7 Å². The molecule has 2 aromatic rings. The van der Waals surface area contributed by atoms with Crippen molar-refractivity contribution in [1.29, 1.82) is 0 Å². The third-order valence-corrected chi connectivity index (χ3v) is 4.16. The van der Waals surface area contributed by atoms with E-state index in [0.29, 0.717) is 5.69 Å². The Morgan fingerprint density at radius 2 is 1.68 bits per heavy atom. The van der Waals surface area contributed by atoms with Crippen LogP contribution in [0.1, 0.15) is 15.9 Å². The SMILES string of the molecule is Nc1ccc(CNC(=O)NC[C@H](NC(=O)c2c(Cl)cncc2Cl)C(=O)O)cc1. The normalized spacial score (nSPS) is 11.4. The molecule has 1 aromatic heterocycles. The molecule has 0 spiro atoms. The molecular formula is C17H17Cl2N5O4. The third kappa shape index (κ3) is 6.00. The van der Waals surface area contributed by atoms with Crippen LogP contribution in [-0.2, 0) is 11.3 Å². The molecule has 0 unspecified atom stereocenters. The van der Waals surface area contributed by atoms with Crippen LogP contribution in [0.4, 0.5) is 10.5 Å². The van der Waals surface area contributed by atoms with Gasteiger partial charge in [-0.25, -0.2) is 9.59 Å². The summed E-state index contributed by atoms with van der Waals surface area (Å²) in [5.41, 5.74) is 6.90. The van der Waals surface area contributed by atoms with Crippen molar-refractivity contribution >= 4 is 46.8 Å². The molecule has 9 nitrogen and oxygen atoms in total. The van der Waals surface area contributed by atoms with Crippen LogP contribution in [0.2, 0.25) is 10.0 Å². The Kier molecular flexibility index (Phi) is 7.42. The van der Waals surface area contributed by atoms with Gasteiger partial charge in [0.25, 0.3) is 5.91 Å². The zero-order valence-electron chi connectivity index (χ0n) is 14.4. The van der Waals surface area contributed by atoms with Gasteiger partial charge in [-0.15, -0.1) is 0 Å². The Labute approximate surface area is 170 Å². The van der Waals surface area contributed by atoms with Gasteiger partial charge in [0.05, 0.1) is 22.2 Å². The van der Waals surface area contributed by atoms with E-state index in [2.05, 4.69) is 20.9 Å². The number of rotatable bonds is 7. The third-order valence-electron chi connectivity index (χ3n) is 3.58. The number of hydrogen-bond donors (Lipinski definition) is 5. The second-order valence-corrected chi connectivity index (χ2v) is 6.46. The maximum absolute atomic E-state index is 12.3. The first-order chi connectivity index (χ1) is 13.3. The average Bonchev–Trinajstić information content (AvgIpc) is 2.64. The Balaban J connectivity index is 1.90. The molecule has 28 heavy (non-hydrogen) atoms. The van der Waals surface area contributed by atoms with Gasteiger partial charge in [-0.2, -0.15) is 0 Å². The average molecular weight is 426 g/mol. The minimum atomic E-state index is -1.39. The fourth-order valence-corrected chi connectivity index (χ4v) is 2.67. The second kappa shape index (κ2) is 9.77. The molecule has 11 heteroatoms. The number of carbonyl (C=O) groups excluding carboxylic acids is 2. The topological polar surface area (TPSA) is 146 Å². The molecular weight excluding hydrogens is 409 g/mol. The Morgan fingerprint density at radius 1 is 1.07 bits per heavy atom. The fraction of sp³-hybridized carbons (Fsp3) is 0.176. The van der Waals surface area contributed by atoms with Gasteiger partial charge in [0.1, 0.15) is 6.04 Å². The van der Waals surface area contributed by atoms with Crippen molar-refractivity contribution in [2.75, 3.05) is 12.3 Å². The monoisotopic (exact) mass is 425 g/mol. The minimum Gasteiger partial charge on any atom is -0.480 e. The first-order valence-corrected chi connectivity index (χ1v) is 8.72. The highest BCUT2D eigenvalue weighted by Gasteiger charge is 2.24. The van der Waals surface area contributed by atoms with Gasteiger partial charge >= 0.3 is 12.0 Å². The molecule has 3 amide bonds. The highest BCUT2D eigenvalue weighted by molar-refractivity contribution is 6.39. The quantitative estimate of drug-likeness (QED) is 0.426. The number of anilines is 1. The maximum Gasteiger partial charge on any atom is 0.328 e. The summed E-state index contributed by atoms with van der Waals surface area (Å²) in [5.74, 6) is -2.14. The summed E-state index contributed by atoms with van der Waals surface area (Å²) in [6.45, 7) is -0.132. The lowest BCUT2D eigenvalue weighted by Crippen LogP contribution is -2.50. The predicted octanol–water partition coefficient (Wildman–Crippen LogP) is 1.65. The summed E-state index contributed by atoms with van der Waals surface area (Å²) in [4.78, 5) is 39.2. The van der Waals surface area contributed by atoms with Gasteiger partial charge in [0.15, 0.2) is 0 Å². The molecule has 1 heterocycles. The van der Waals surface area contributed by atoms with Crippen LogP contribution in [0.15, 0.2) is 36.7 Å². The first kappa shape index (κ1) is 21.3. The van der Waals surface area contributed by atoms with Crippen LogP contribution in [0, 0.1) is 0 Å². The summed E-state index contributed by atoms with van der Waals surface area (Å²) >= 11 is 11.8. The van der Waals surface area contributed by atoms with E-state index in [4.69, 9.17) is 28.9 Å². The summed E-state index contributed by atoms with van der Waals surface area (Å²) in [7, 11) is 0. The predicted molar refractivity (Wildman–Crippen MR) is 104 cm³/mol. The molecule has 0 aliphatic rings. The van der Waals surface area contributed by atoms with Crippen molar-refractivity contribution < 1.29 is 19.5 Å². The van der Waals surface area contributed by atoms with E-state index in [9.17, 15) is 19.5 Å². The lowest BCUT2D eigenvalue weighted by atomic mass is 10.2. The number of carboxylic acids is 1. The Hall–Kier alpha value is -3.04. The van der Waals surface area contributed by atoms with Gasteiger partial charge in [0.2, 0.25) is 0 Å². The summed E-state index contributed by atoms with van der Waals surface area (Å²) in [5, 5.41) is 16.4. The van der Waals surface area contributed by atoms with Gasteiger partial charge in [0, 0.05) is 24.6 Å². The highest BCUT2D eigenvalue weighted by Crippen LogP contribution is 2.22. The van der Waals surface area contributed by atoms with Gasteiger partial charge < -0.3 is 26.8 Å². The van der Waals surface area contributed by atoms with Crippen molar-refractivity contribution in [2.45, 2.75) is 12.6 Å². The van der Waals surface area contributed by atoms with E-state index in [1.807, 2.05) is 0 Å². The van der Waals surface area contributed by atoms with Crippen LogP contribution < -0.4 is 21.7 Å². The number of hydrogen-bond acceptors (Lipinski definition) is 5. The molecule has 1 atom stereocenters. The number of amides is 3. The number of pyridine rings is 1. The summed E-state index contributed by atoms with van der Waals surface area (Å²) < 4.78 is 0. The number of nitrogens with one attached hydrogen (secondary N) is 3. The van der Waals surface area contributed by atoms with Gasteiger partial charge in [-0.1, -0.05) is 35.3 Å². The number of carbonyl (C=O) groups is 3. The van der Waals surface area contributed by atoms with Crippen molar-refractivity contribution in [3.8, 4) is 0 Å². The first-order valence-electron chi connectivity index (χ1n) is 7.96. The molecule has 148 valence electrons. The molecule has 0 radical (unpaired) electrons. The highest BCUT2D eigenvalue weighted by atomic mass is 35.5. The number of nitrogens with two attached hydrogens (primary N) is 1. The standard InChI is InChI=1S/C17H17Cl2N5O4/c18-11-6-21-7-12(19)14(11)15(25)24-13(16(26)27)8-23-17(28)22-5-9-1-3-10(20)4-2-9/h1-4,6-7,13H,5,8,20H2,(H,24,25)(H,26,27)(H2,22,23,28)/t13-/m0/s1. The Morgan fingerprint density at radius 3 is 2.25 bits per heavy atom. The number of urea groups is 1. The summed E-state index contributed by atoms with van der Waals surface area (Å²) in [6.07, 6.45) is 2.42. The van der Waals surface area contributed by atoms with Gasteiger partial charge in [-0.3, -0.25) is 9.78 Å². The van der Waals surface area contributed by atoms with Crippen LogP contribution in [0.5, 0.6) is 0 Å². The summed E-state index contributed by atoms with van der Waals surface area (Å²) in [6, 6.07) is 4.89. The van der Waals surface area contributed by atoms with Crippen molar-refractivity contribution in [3.05, 3.63) is 57.8 Å². The number of nitrogen functional groups attached to an aromatic ring is 1. The number of benzene rings is 1. The molecule has 6 N–H and O–H groups in total. The second-order valence-electron chi connectivity index (χ2n) is 5.65. The molecule has 0 fully saturated rings. The molecule has 1 aromatic carbocycles. The minimum absolute atomic E-state index is 0.0247. The Bertz CT molecular complexity index is 856. The van der Waals surface area contributed by atoms with Crippen LogP contribution in [0.3, 0.4) is 0 Å². The fourth-order valence-electron chi connectivity index (χ4n) is 2.13. The number of aliphatic carboxylic acids is 1. The zero-order valence-corrected chi connectivity index (χ0v) is 15.9. The van der Waals surface area contributed by atoms with Crippen molar-refractivity contribution in [3.63, 3.8) is 0 Å². The number of nitrogens with zero attached hydrogens (tertiary/aromatic N) is 1. The zero-order chi connectivity index (χ0) is 20.7. The van der Waals surface area contributed by atoms with E-state index in [1.54, 1.807) is 24.3 Å². The largest absolute Gasteiger partial charge is 0.480 e. The van der Waals surface area contributed by atoms with E-state index >= 15 is 0 Å². The maximum atomic E-state index is 12.3. The number of carboxylic acid groups (broad SMARTS) is 1. The molecule has 0 bridgehead atoms. The van der Waals surface area contributed by atoms with E-state index in [0.717, 1.165) is 5.56 Å². The van der Waals surface area contributed by atoms with Gasteiger partial charge in [-0.05, 0) is 17.7 Å². The molecule has 2 rings (SSSR count). The lowest BCUT2D eigenvalue weighted by molar-refractivity contribution is -0.139. The molecule has 0 saturated heterocycles.